The number of hydrogen-bond acceptors (Lipinski definition) is 3. The predicted octanol–water partition coefficient (Wildman–Crippen LogP) is -0.483. The van der Waals surface area contributed by atoms with Gasteiger partial charge in [-0.25, -0.2) is 0 Å². The molecule has 0 aromatic heterocycles. The first kappa shape index (κ1) is 6.58. The van der Waals surface area contributed by atoms with Crippen molar-refractivity contribution in [3.63, 3.8) is 0 Å². The number of aliphatic hydroxyl groups is 2. The maximum atomic E-state index is 9.39. The molecule has 2 aliphatic heterocycles. The van der Waals surface area contributed by atoms with Crippen LogP contribution in [-0.2, 0) is 4.74 Å². The fourth-order valence-electron chi connectivity index (χ4n) is 1.98. The molecule has 0 aromatic rings. The van der Waals surface area contributed by atoms with Crippen LogP contribution in [0.15, 0.2) is 0 Å². The number of aliphatic hydroxyl groups excluding tert-OH is 2. The van der Waals surface area contributed by atoms with Crippen molar-refractivity contribution >= 4 is 0 Å². The highest BCUT2D eigenvalue weighted by Gasteiger charge is 2.47. The molecule has 2 N–H and O–H groups in total. The lowest BCUT2D eigenvalue weighted by molar-refractivity contribution is 0.0452. The normalized spacial score (nSPS) is 52.2. The van der Waals surface area contributed by atoms with Crippen molar-refractivity contribution in [2.45, 2.75) is 31.2 Å². The summed E-state index contributed by atoms with van der Waals surface area (Å²) in [4.78, 5) is 0. The maximum absolute atomic E-state index is 9.39. The van der Waals surface area contributed by atoms with Gasteiger partial charge in [0.2, 0.25) is 0 Å². The summed E-state index contributed by atoms with van der Waals surface area (Å²) < 4.78 is 5.38. The van der Waals surface area contributed by atoms with Gasteiger partial charge in [-0.3, -0.25) is 0 Å². The van der Waals surface area contributed by atoms with Crippen molar-refractivity contribution in [1.82, 2.24) is 0 Å². The van der Waals surface area contributed by atoms with E-state index in [9.17, 15) is 5.11 Å². The van der Waals surface area contributed by atoms with Crippen molar-refractivity contribution in [1.29, 1.82) is 0 Å². The third-order valence-corrected chi connectivity index (χ3v) is 2.59. The zero-order valence-corrected chi connectivity index (χ0v) is 5.73. The standard InChI is InChI=1S/C7H12O3/c8-3-4-5-1-2-6(10-5)7(4)9/h4-9H,1-3H2/t4-,5-,6+,7-/m1/s1. The maximum Gasteiger partial charge on any atom is 0.0876 e. The quantitative estimate of drug-likeness (QED) is 0.522. The molecule has 2 saturated heterocycles. The highest BCUT2D eigenvalue weighted by Crippen LogP contribution is 2.38. The lowest BCUT2D eigenvalue weighted by atomic mass is 9.87. The summed E-state index contributed by atoms with van der Waals surface area (Å²) in [6.45, 7) is 0.0579. The van der Waals surface area contributed by atoms with Gasteiger partial charge in [-0.15, -0.1) is 0 Å². The van der Waals surface area contributed by atoms with Crippen LogP contribution in [0.4, 0.5) is 0 Å². The molecule has 2 bridgehead atoms. The first-order valence-electron chi connectivity index (χ1n) is 3.77. The van der Waals surface area contributed by atoms with Crippen LogP contribution < -0.4 is 0 Å². The van der Waals surface area contributed by atoms with Gasteiger partial charge in [0, 0.05) is 5.92 Å². The van der Waals surface area contributed by atoms with Gasteiger partial charge in [-0.2, -0.15) is 0 Å². The average Bonchev–Trinajstić information content (AvgIpc) is 2.46. The monoisotopic (exact) mass is 144 g/mol. The van der Waals surface area contributed by atoms with Crippen LogP contribution in [0.1, 0.15) is 12.8 Å². The number of fused-ring (bicyclic) bond motifs is 2. The Kier molecular flexibility index (Phi) is 1.44. The zero-order valence-electron chi connectivity index (χ0n) is 5.73. The fourth-order valence-corrected chi connectivity index (χ4v) is 1.98. The molecule has 0 amide bonds. The summed E-state index contributed by atoms with van der Waals surface area (Å²) in [7, 11) is 0. The van der Waals surface area contributed by atoms with E-state index in [1.165, 1.54) is 0 Å². The van der Waals surface area contributed by atoms with Gasteiger partial charge in [-0.1, -0.05) is 0 Å². The molecule has 4 atom stereocenters. The van der Waals surface area contributed by atoms with E-state index in [0.29, 0.717) is 0 Å². The lowest BCUT2D eigenvalue weighted by Gasteiger charge is -2.20. The van der Waals surface area contributed by atoms with E-state index in [-0.39, 0.29) is 24.7 Å². The molecule has 0 spiro atoms. The first-order valence-corrected chi connectivity index (χ1v) is 3.77. The van der Waals surface area contributed by atoms with Crippen molar-refractivity contribution < 1.29 is 14.9 Å². The van der Waals surface area contributed by atoms with Crippen LogP contribution in [-0.4, -0.2) is 35.1 Å². The van der Waals surface area contributed by atoms with E-state index < -0.39 is 6.10 Å². The van der Waals surface area contributed by atoms with Gasteiger partial charge in [0.05, 0.1) is 24.9 Å². The topological polar surface area (TPSA) is 49.7 Å². The van der Waals surface area contributed by atoms with Gasteiger partial charge < -0.3 is 14.9 Å². The molecule has 0 saturated carbocycles. The molecule has 0 unspecified atom stereocenters. The van der Waals surface area contributed by atoms with Crippen molar-refractivity contribution in [3.8, 4) is 0 Å². The van der Waals surface area contributed by atoms with Gasteiger partial charge in [-0.05, 0) is 12.8 Å². The molecule has 10 heavy (non-hydrogen) atoms. The molecule has 3 heteroatoms. The van der Waals surface area contributed by atoms with Crippen LogP contribution in [0.2, 0.25) is 0 Å². The summed E-state index contributed by atoms with van der Waals surface area (Å²) in [6.07, 6.45) is 1.70. The molecule has 0 radical (unpaired) electrons. The fraction of sp³-hybridized carbons (Fsp3) is 1.00. The van der Waals surface area contributed by atoms with E-state index in [0.717, 1.165) is 12.8 Å². The second kappa shape index (κ2) is 2.19. The highest BCUT2D eigenvalue weighted by atomic mass is 16.5. The van der Waals surface area contributed by atoms with Gasteiger partial charge in [0.1, 0.15) is 0 Å². The van der Waals surface area contributed by atoms with E-state index in [1.54, 1.807) is 0 Å². The molecule has 0 aliphatic carbocycles. The average molecular weight is 144 g/mol. The van der Waals surface area contributed by atoms with Gasteiger partial charge in [0.15, 0.2) is 0 Å². The smallest absolute Gasteiger partial charge is 0.0876 e. The minimum atomic E-state index is -0.413. The van der Waals surface area contributed by atoms with Gasteiger partial charge in [0.25, 0.3) is 0 Å². The minimum absolute atomic E-state index is 0.0150. The summed E-state index contributed by atoms with van der Waals surface area (Å²) >= 11 is 0. The Hall–Kier alpha value is -0.120. The molecule has 58 valence electrons. The van der Waals surface area contributed by atoms with E-state index in [4.69, 9.17) is 9.84 Å². The first-order chi connectivity index (χ1) is 4.83. The minimum Gasteiger partial charge on any atom is -0.396 e. The summed E-state index contributed by atoms with van der Waals surface area (Å²) in [5.74, 6) is -0.0150. The third kappa shape index (κ3) is 0.713. The largest absolute Gasteiger partial charge is 0.396 e. The Morgan fingerprint density at radius 2 is 2.00 bits per heavy atom. The molecule has 3 nitrogen and oxygen atoms in total. The number of ether oxygens (including phenoxy) is 1. The van der Waals surface area contributed by atoms with E-state index in [2.05, 4.69) is 0 Å². The van der Waals surface area contributed by atoms with E-state index in [1.807, 2.05) is 0 Å². The van der Waals surface area contributed by atoms with Crippen molar-refractivity contribution in [2.24, 2.45) is 5.92 Å². The van der Waals surface area contributed by atoms with E-state index >= 15 is 0 Å². The van der Waals surface area contributed by atoms with Crippen LogP contribution in [0.25, 0.3) is 0 Å². The van der Waals surface area contributed by atoms with Crippen LogP contribution in [0.5, 0.6) is 0 Å². The SMILES string of the molecule is OC[C@H]1[C@@H](O)[C@@H]2CC[C@H]1O2. The molecule has 2 aliphatic rings. The molecular weight excluding hydrogens is 132 g/mol. The number of hydrogen-bond donors (Lipinski definition) is 2. The summed E-state index contributed by atoms with van der Waals surface area (Å²) in [5.41, 5.74) is 0. The number of rotatable bonds is 1. The predicted molar refractivity (Wildman–Crippen MR) is 34.5 cm³/mol. The van der Waals surface area contributed by atoms with Crippen LogP contribution in [0, 0.1) is 5.92 Å². The van der Waals surface area contributed by atoms with Crippen LogP contribution >= 0.6 is 0 Å². The van der Waals surface area contributed by atoms with Gasteiger partial charge >= 0.3 is 0 Å². The Labute approximate surface area is 59.6 Å². The second-order valence-electron chi connectivity index (χ2n) is 3.13. The molecule has 2 fully saturated rings. The Balaban J connectivity index is 2.10. The lowest BCUT2D eigenvalue weighted by Crippen LogP contribution is -2.34. The Morgan fingerprint density at radius 1 is 1.30 bits per heavy atom. The summed E-state index contributed by atoms with van der Waals surface area (Å²) in [6, 6.07) is 0. The Bertz CT molecular complexity index is 135. The van der Waals surface area contributed by atoms with Crippen LogP contribution in [0.3, 0.4) is 0 Å². The third-order valence-electron chi connectivity index (χ3n) is 2.59. The molecule has 0 aromatic carbocycles. The second-order valence-corrected chi connectivity index (χ2v) is 3.13. The molecular formula is C7H12O3. The zero-order chi connectivity index (χ0) is 7.14. The Morgan fingerprint density at radius 3 is 2.40 bits per heavy atom. The van der Waals surface area contributed by atoms with Crippen molar-refractivity contribution in [2.75, 3.05) is 6.61 Å². The highest BCUT2D eigenvalue weighted by molar-refractivity contribution is 4.95. The van der Waals surface area contributed by atoms with Crippen molar-refractivity contribution in [3.05, 3.63) is 0 Å². The molecule has 2 rings (SSSR count). The summed E-state index contributed by atoms with van der Waals surface area (Å²) in [5, 5.41) is 18.2. The molecule has 2 heterocycles.